The zero-order valence-corrected chi connectivity index (χ0v) is 11.1. The molecule has 0 bridgehead atoms. The van der Waals surface area contributed by atoms with E-state index in [0.29, 0.717) is 6.54 Å². The normalized spacial score (nSPS) is 9.90. The topological polar surface area (TPSA) is 104 Å². The Morgan fingerprint density at radius 3 is 2.29 bits per heavy atom. The van der Waals surface area contributed by atoms with E-state index in [9.17, 15) is 9.59 Å². The van der Waals surface area contributed by atoms with Gasteiger partial charge in [-0.1, -0.05) is 12.1 Å². The third-order valence-corrected chi connectivity index (χ3v) is 2.67. The number of hydrogen-bond acceptors (Lipinski definition) is 4. The van der Waals surface area contributed by atoms with Gasteiger partial charge in [0.2, 0.25) is 0 Å². The van der Waals surface area contributed by atoms with Gasteiger partial charge in [0.05, 0.1) is 0 Å². The highest BCUT2D eigenvalue weighted by Gasteiger charge is 2.04. The molecule has 0 saturated carbocycles. The monoisotopic (exact) mass is 286 g/mol. The fraction of sp³-hybridized carbons (Fsp3) is 0.143. The molecule has 2 heterocycles. The quantitative estimate of drug-likeness (QED) is 0.765. The zero-order valence-electron chi connectivity index (χ0n) is 11.1. The molecule has 0 aliphatic heterocycles. The molecule has 7 nitrogen and oxygen atoms in total. The van der Waals surface area contributed by atoms with Crippen molar-refractivity contribution in [2.45, 2.75) is 13.1 Å². The Morgan fingerprint density at radius 1 is 1.05 bits per heavy atom. The number of pyridine rings is 2. The molecule has 2 amide bonds. The number of urea groups is 1. The summed E-state index contributed by atoms with van der Waals surface area (Å²) in [5.41, 5.74) is 1.59. The lowest BCUT2D eigenvalue weighted by molar-refractivity contribution is 0.0690. The Hall–Kier alpha value is -2.96. The van der Waals surface area contributed by atoms with Crippen LogP contribution in [0.2, 0.25) is 0 Å². The molecule has 2 rings (SSSR count). The highest BCUT2D eigenvalue weighted by Crippen LogP contribution is 2.00. The highest BCUT2D eigenvalue weighted by atomic mass is 16.4. The van der Waals surface area contributed by atoms with E-state index < -0.39 is 5.97 Å². The van der Waals surface area contributed by atoms with Crippen molar-refractivity contribution >= 4 is 12.0 Å². The Kier molecular flexibility index (Phi) is 4.81. The summed E-state index contributed by atoms with van der Waals surface area (Å²) in [7, 11) is 0. The Balaban J connectivity index is 1.77. The van der Waals surface area contributed by atoms with Crippen molar-refractivity contribution in [2.75, 3.05) is 0 Å². The standard InChI is InChI=1S/C14H14N4O3/c19-13(20)12-4-3-11(7-16-12)9-18-14(21)17-8-10-2-1-5-15-6-10/h1-7H,8-9H2,(H,19,20)(H2,17,18,21). The molecule has 0 unspecified atom stereocenters. The van der Waals surface area contributed by atoms with Crippen LogP contribution in [0.15, 0.2) is 42.9 Å². The van der Waals surface area contributed by atoms with Crippen LogP contribution in [0, 0.1) is 0 Å². The van der Waals surface area contributed by atoms with Gasteiger partial charge in [0.25, 0.3) is 0 Å². The van der Waals surface area contributed by atoms with Crippen LogP contribution < -0.4 is 10.6 Å². The SMILES string of the molecule is O=C(NCc1cccnc1)NCc1ccc(C(=O)O)nc1. The van der Waals surface area contributed by atoms with Crippen LogP contribution in [0.25, 0.3) is 0 Å². The molecule has 108 valence electrons. The molecule has 3 N–H and O–H groups in total. The molecule has 0 atom stereocenters. The van der Waals surface area contributed by atoms with E-state index in [1.54, 1.807) is 24.5 Å². The average molecular weight is 286 g/mol. The van der Waals surface area contributed by atoms with Crippen molar-refractivity contribution < 1.29 is 14.7 Å². The van der Waals surface area contributed by atoms with Crippen molar-refractivity contribution in [2.24, 2.45) is 0 Å². The van der Waals surface area contributed by atoms with Crippen molar-refractivity contribution in [3.05, 3.63) is 59.7 Å². The number of rotatable bonds is 5. The first-order chi connectivity index (χ1) is 10.1. The number of nitrogens with one attached hydrogen (secondary N) is 2. The van der Waals surface area contributed by atoms with E-state index >= 15 is 0 Å². The molecule has 0 saturated heterocycles. The van der Waals surface area contributed by atoms with Gasteiger partial charge in [0.1, 0.15) is 5.69 Å². The van der Waals surface area contributed by atoms with Crippen LogP contribution >= 0.6 is 0 Å². The fourth-order valence-corrected chi connectivity index (χ4v) is 1.59. The largest absolute Gasteiger partial charge is 0.477 e. The molecule has 0 radical (unpaired) electrons. The molecule has 0 spiro atoms. The van der Waals surface area contributed by atoms with Gasteiger partial charge >= 0.3 is 12.0 Å². The summed E-state index contributed by atoms with van der Waals surface area (Å²) in [5.74, 6) is -1.08. The molecule has 0 fully saturated rings. The summed E-state index contributed by atoms with van der Waals surface area (Å²) in [6, 6.07) is 6.35. The number of carbonyl (C=O) groups is 2. The zero-order chi connectivity index (χ0) is 15.1. The number of carboxylic acid groups (broad SMARTS) is 1. The first-order valence-corrected chi connectivity index (χ1v) is 6.24. The van der Waals surface area contributed by atoms with E-state index in [4.69, 9.17) is 5.11 Å². The van der Waals surface area contributed by atoms with E-state index in [1.165, 1.54) is 12.3 Å². The Labute approximate surface area is 121 Å². The lowest BCUT2D eigenvalue weighted by Crippen LogP contribution is -2.34. The molecule has 0 aliphatic rings. The second-order valence-corrected chi connectivity index (χ2v) is 4.25. The van der Waals surface area contributed by atoms with Crippen molar-refractivity contribution in [1.29, 1.82) is 0 Å². The number of carbonyl (C=O) groups excluding carboxylic acids is 1. The first kappa shape index (κ1) is 14.4. The number of aromatic nitrogens is 2. The second-order valence-electron chi connectivity index (χ2n) is 4.25. The van der Waals surface area contributed by atoms with Gasteiger partial charge in [0.15, 0.2) is 0 Å². The maximum Gasteiger partial charge on any atom is 0.354 e. The lowest BCUT2D eigenvalue weighted by Gasteiger charge is -2.07. The molecular weight excluding hydrogens is 272 g/mol. The molecular formula is C14H14N4O3. The molecule has 0 aliphatic carbocycles. The van der Waals surface area contributed by atoms with Crippen molar-refractivity contribution in [3.63, 3.8) is 0 Å². The number of nitrogens with zero attached hydrogens (tertiary/aromatic N) is 2. The van der Waals surface area contributed by atoms with Gasteiger partial charge in [-0.3, -0.25) is 4.98 Å². The second kappa shape index (κ2) is 6.99. The molecule has 21 heavy (non-hydrogen) atoms. The van der Waals surface area contributed by atoms with Crippen molar-refractivity contribution in [1.82, 2.24) is 20.6 Å². The van der Waals surface area contributed by atoms with Gasteiger partial charge in [-0.15, -0.1) is 0 Å². The summed E-state index contributed by atoms with van der Waals surface area (Å²) in [6.07, 6.45) is 4.76. The van der Waals surface area contributed by atoms with E-state index in [-0.39, 0.29) is 18.3 Å². The summed E-state index contributed by atoms with van der Waals surface area (Å²) in [6.45, 7) is 0.654. The minimum atomic E-state index is -1.08. The lowest BCUT2D eigenvalue weighted by atomic mass is 10.2. The maximum absolute atomic E-state index is 11.6. The third kappa shape index (κ3) is 4.57. The summed E-state index contributed by atoms with van der Waals surface area (Å²) in [4.78, 5) is 30.0. The number of hydrogen-bond donors (Lipinski definition) is 3. The van der Waals surface area contributed by atoms with Crippen LogP contribution in [-0.2, 0) is 13.1 Å². The molecule has 2 aromatic rings. The summed E-state index contributed by atoms with van der Waals surface area (Å²) in [5, 5.41) is 14.1. The summed E-state index contributed by atoms with van der Waals surface area (Å²) < 4.78 is 0. The first-order valence-electron chi connectivity index (χ1n) is 6.24. The number of amides is 2. The van der Waals surface area contributed by atoms with Crippen LogP contribution in [-0.4, -0.2) is 27.1 Å². The molecule has 7 heteroatoms. The minimum absolute atomic E-state index is 0.0280. The van der Waals surface area contributed by atoms with Gasteiger partial charge in [-0.2, -0.15) is 0 Å². The highest BCUT2D eigenvalue weighted by molar-refractivity contribution is 5.85. The number of carboxylic acids is 1. The van der Waals surface area contributed by atoms with Gasteiger partial charge in [0, 0.05) is 31.7 Å². The van der Waals surface area contributed by atoms with Gasteiger partial charge < -0.3 is 15.7 Å². The maximum atomic E-state index is 11.6. The number of aromatic carboxylic acids is 1. The Bertz CT molecular complexity index is 614. The van der Waals surface area contributed by atoms with Crippen molar-refractivity contribution in [3.8, 4) is 0 Å². The third-order valence-electron chi connectivity index (χ3n) is 2.67. The summed E-state index contributed by atoms with van der Waals surface area (Å²) >= 11 is 0. The average Bonchev–Trinajstić information content (AvgIpc) is 2.52. The van der Waals surface area contributed by atoms with E-state index in [2.05, 4.69) is 20.6 Å². The predicted molar refractivity (Wildman–Crippen MR) is 74.5 cm³/mol. The smallest absolute Gasteiger partial charge is 0.354 e. The Morgan fingerprint density at radius 2 is 1.76 bits per heavy atom. The van der Waals surface area contributed by atoms with Crippen LogP contribution in [0.1, 0.15) is 21.6 Å². The van der Waals surface area contributed by atoms with E-state index in [1.807, 2.05) is 6.07 Å². The van der Waals surface area contributed by atoms with Crippen LogP contribution in [0.5, 0.6) is 0 Å². The molecule has 2 aromatic heterocycles. The van der Waals surface area contributed by atoms with Gasteiger partial charge in [-0.05, 0) is 23.3 Å². The van der Waals surface area contributed by atoms with Gasteiger partial charge in [-0.25, -0.2) is 14.6 Å². The predicted octanol–water partition coefficient (Wildman–Crippen LogP) is 1.17. The van der Waals surface area contributed by atoms with E-state index in [0.717, 1.165) is 11.1 Å². The fourth-order valence-electron chi connectivity index (χ4n) is 1.59. The van der Waals surface area contributed by atoms with Crippen LogP contribution in [0.4, 0.5) is 4.79 Å². The minimum Gasteiger partial charge on any atom is -0.477 e. The van der Waals surface area contributed by atoms with Crippen LogP contribution in [0.3, 0.4) is 0 Å². The molecule has 0 aromatic carbocycles.